The zero-order valence-electron chi connectivity index (χ0n) is 11.7. The third-order valence-electron chi connectivity index (χ3n) is 2.95. The number of hydrogen-bond donors (Lipinski definition) is 1. The standard InChI is InChI=1S/C14H19N3O2/c1-9(2)17-8-12(15)14(16-17)11-6-5-10(18-3)7-13(11)19-4/h5-9H,15H2,1-4H3. The number of anilines is 1. The maximum atomic E-state index is 6.04. The Bertz CT molecular complexity index is 576. The van der Waals surface area contributed by atoms with E-state index >= 15 is 0 Å². The van der Waals surface area contributed by atoms with E-state index in [4.69, 9.17) is 15.2 Å². The summed E-state index contributed by atoms with van der Waals surface area (Å²) >= 11 is 0. The Balaban J connectivity index is 2.52. The molecule has 0 radical (unpaired) electrons. The summed E-state index contributed by atoms with van der Waals surface area (Å²) in [4.78, 5) is 0. The first-order valence-electron chi connectivity index (χ1n) is 6.13. The molecule has 5 nitrogen and oxygen atoms in total. The van der Waals surface area contributed by atoms with Crippen LogP contribution in [-0.4, -0.2) is 24.0 Å². The molecule has 0 aliphatic heterocycles. The van der Waals surface area contributed by atoms with Crippen LogP contribution in [-0.2, 0) is 0 Å². The van der Waals surface area contributed by atoms with Crippen LogP contribution in [0.5, 0.6) is 11.5 Å². The van der Waals surface area contributed by atoms with E-state index in [1.54, 1.807) is 14.2 Å². The van der Waals surface area contributed by atoms with Gasteiger partial charge in [-0.25, -0.2) is 0 Å². The van der Waals surface area contributed by atoms with Gasteiger partial charge in [-0.3, -0.25) is 4.68 Å². The average Bonchev–Trinajstić information content (AvgIpc) is 2.80. The normalized spacial score (nSPS) is 10.8. The molecule has 0 spiro atoms. The summed E-state index contributed by atoms with van der Waals surface area (Å²) < 4.78 is 12.4. The first-order valence-corrected chi connectivity index (χ1v) is 6.13. The number of hydrogen-bond acceptors (Lipinski definition) is 4. The molecule has 0 saturated carbocycles. The quantitative estimate of drug-likeness (QED) is 0.919. The van der Waals surface area contributed by atoms with Gasteiger partial charge in [-0.05, 0) is 26.0 Å². The van der Waals surface area contributed by atoms with Crippen molar-refractivity contribution in [2.75, 3.05) is 20.0 Å². The highest BCUT2D eigenvalue weighted by atomic mass is 16.5. The number of rotatable bonds is 4. The second kappa shape index (κ2) is 5.22. The molecular formula is C14H19N3O2. The van der Waals surface area contributed by atoms with Crippen molar-refractivity contribution >= 4 is 5.69 Å². The van der Waals surface area contributed by atoms with Gasteiger partial charge >= 0.3 is 0 Å². The zero-order chi connectivity index (χ0) is 14.0. The van der Waals surface area contributed by atoms with E-state index < -0.39 is 0 Å². The van der Waals surface area contributed by atoms with Gasteiger partial charge in [-0.1, -0.05) is 0 Å². The van der Waals surface area contributed by atoms with Crippen LogP contribution in [0.3, 0.4) is 0 Å². The van der Waals surface area contributed by atoms with Crippen LogP contribution in [0, 0.1) is 0 Å². The van der Waals surface area contributed by atoms with E-state index in [1.165, 1.54) is 0 Å². The summed E-state index contributed by atoms with van der Waals surface area (Å²) in [6, 6.07) is 5.86. The van der Waals surface area contributed by atoms with Gasteiger partial charge in [0.2, 0.25) is 0 Å². The number of aromatic nitrogens is 2. The summed E-state index contributed by atoms with van der Waals surface area (Å²) in [6.07, 6.45) is 1.84. The minimum atomic E-state index is 0.264. The summed E-state index contributed by atoms with van der Waals surface area (Å²) in [6.45, 7) is 4.11. The third-order valence-corrected chi connectivity index (χ3v) is 2.95. The molecule has 2 aromatic rings. The number of nitrogen functional groups attached to an aromatic ring is 1. The van der Waals surface area contributed by atoms with Crippen molar-refractivity contribution in [3.05, 3.63) is 24.4 Å². The third kappa shape index (κ3) is 2.50. The van der Waals surface area contributed by atoms with Crippen molar-refractivity contribution < 1.29 is 9.47 Å². The molecule has 0 saturated heterocycles. The van der Waals surface area contributed by atoms with Gasteiger partial charge in [-0.2, -0.15) is 5.10 Å². The fraction of sp³-hybridized carbons (Fsp3) is 0.357. The molecule has 0 bridgehead atoms. The van der Waals surface area contributed by atoms with Crippen LogP contribution in [0.25, 0.3) is 11.3 Å². The lowest BCUT2D eigenvalue weighted by molar-refractivity contribution is 0.395. The molecule has 102 valence electrons. The topological polar surface area (TPSA) is 62.3 Å². The molecule has 1 heterocycles. The number of benzene rings is 1. The molecule has 2 rings (SSSR count). The predicted octanol–water partition coefficient (Wildman–Crippen LogP) is 2.73. The molecule has 1 aromatic heterocycles. The molecule has 0 unspecified atom stereocenters. The SMILES string of the molecule is COc1ccc(-c2nn(C(C)C)cc2N)c(OC)c1. The van der Waals surface area contributed by atoms with Crippen LogP contribution in [0.4, 0.5) is 5.69 Å². The second-order valence-electron chi connectivity index (χ2n) is 4.57. The maximum Gasteiger partial charge on any atom is 0.132 e. The molecule has 5 heteroatoms. The zero-order valence-corrected chi connectivity index (χ0v) is 11.7. The Morgan fingerprint density at radius 3 is 2.47 bits per heavy atom. The van der Waals surface area contributed by atoms with Gasteiger partial charge in [-0.15, -0.1) is 0 Å². The first kappa shape index (κ1) is 13.3. The average molecular weight is 261 g/mol. The van der Waals surface area contributed by atoms with Crippen molar-refractivity contribution in [2.45, 2.75) is 19.9 Å². The van der Waals surface area contributed by atoms with E-state index in [2.05, 4.69) is 18.9 Å². The highest BCUT2D eigenvalue weighted by Gasteiger charge is 2.15. The fourth-order valence-corrected chi connectivity index (χ4v) is 1.87. The summed E-state index contributed by atoms with van der Waals surface area (Å²) in [5, 5.41) is 4.51. The van der Waals surface area contributed by atoms with Gasteiger partial charge in [0.15, 0.2) is 0 Å². The molecule has 0 aliphatic carbocycles. The van der Waals surface area contributed by atoms with Crippen molar-refractivity contribution in [2.24, 2.45) is 0 Å². The van der Waals surface area contributed by atoms with E-state index in [9.17, 15) is 0 Å². The molecular weight excluding hydrogens is 242 g/mol. The van der Waals surface area contributed by atoms with Crippen molar-refractivity contribution in [3.63, 3.8) is 0 Å². The lowest BCUT2D eigenvalue weighted by Crippen LogP contribution is -2.01. The van der Waals surface area contributed by atoms with Crippen LogP contribution < -0.4 is 15.2 Å². The van der Waals surface area contributed by atoms with Gasteiger partial charge in [0.1, 0.15) is 17.2 Å². The van der Waals surface area contributed by atoms with Gasteiger partial charge in [0.25, 0.3) is 0 Å². The van der Waals surface area contributed by atoms with Gasteiger partial charge in [0, 0.05) is 23.9 Å². The lowest BCUT2D eigenvalue weighted by atomic mass is 10.1. The molecule has 0 atom stereocenters. The highest BCUT2D eigenvalue weighted by molar-refractivity contribution is 5.77. The van der Waals surface area contributed by atoms with Crippen LogP contribution in [0.1, 0.15) is 19.9 Å². The molecule has 0 amide bonds. The van der Waals surface area contributed by atoms with Gasteiger partial charge < -0.3 is 15.2 Å². The molecule has 2 N–H and O–H groups in total. The Morgan fingerprint density at radius 1 is 1.21 bits per heavy atom. The maximum absolute atomic E-state index is 6.04. The summed E-state index contributed by atoms with van der Waals surface area (Å²) in [5.41, 5.74) is 8.26. The van der Waals surface area contributed by atoms with E-state index in [-0.39, 0.29) is 6.04 Å². The largest absolute Gasteiger partial charge is 0.497 e. The van der Waals surface area contributed by atoms with Crippen LogP contribution in [0.2, 0.25) is 0 Å². The monoisotopic (exact) mass is 261 g/mol. The van der Waals surface area contributed by atoms with Crippen LogP contribution >= 0.6 is 0 Å². The van der Waals surface area contributed by atoms with E-state index in [1.807, 2.05) is 29.1 Å². The Hall–Kier alpha value is -2.17. The lowest BCUT2D eigenvalue weighted by Gasteiger charge is -2.09. The number of methoxy groups -OCH3 is 2. The molecule has 19 heavy (non-hydrogen) atoms. The Kier molecular flexibility index (Phi) is 3.64. The molecule has 1 aromatic carbocycles. The fourth-order valence-electron chi connectivity index (χ4n) is 1.87. The second-order valence-corrected chi connectivity index (χ2v) is 4.57. The van der Waals surface area contributed by atoms with Crippen LogP contribution in [0.15, 0.2) is 24.4 Å². The summed E-state index contributed by atoms with van der Waals surface area (Å²) in [7, 11) is 3.24. The smallest absolute Gasteiger partial charge is 0.132 e. The number of nitrogens with zero attached hydrogens (tertiary/aromatic N) is 2. The Labute approximate surface area is 112 Å². The minimum Gasteiger partial charge on any atom is -0.497 e. The van der Waals surface area contributed by atoms with Crippen molar-refractivity contribution in [3.8, 4) is 22.8 Å². The van der Waals surface area contributed by atoms with E-state index in [0.29, 0.717) is 11.4 Å². The van der Waals surface area contributed by atoms with Gasteiger partial charge in [0.05, 0.1) is 19.9 Å². The molecule has 0 fully saturated rings. The Morgan fingerprint density at radius 2 is 1.95 bits per heavy atom. The van der Waals surface area contributed by atoms with Crippen molar-refractivity contribution in [1.29, 1.82) is 0 Å². The number of nitrogens with two attached hydrogens (primary N) is 1. The predicted molar refractivity (Wildman–Crippen MR) is 75.6 cm³/mol. The summed E-state index contributed by atoms with van der Waals surface area (Å²) in [5.74, 6) is 1.43. The number of ether oxygens (including phenoxy) is 2. The first-order chi connectivity index (χ1) is 9.06. The minimum absolute atomic E-state index is 0.264. The van der Waals surface area contributed by atoms with E-state index in [0.717, 1.165) is 17.0 Å². The van der Waals surface area contributed by atoms with Crippen molar-refractivity contribution in [1.82, 2.24) is 9.78 Å². The molecule has 0 aliphatic rings. The highest BCUT2D eigenvalue weighted by Crippen LogP contribution is 2.35.